The topological polar surface area (TPSA) is 81.3 Å². The van der Waals surface area contributed by atoms with E-state index in [0.717, 1.165) is 11.3 Å². The molecule has 0 bridgehead atoms. The van der Waals surface area contributed by atoms with Crippen LogP contribution in [-0.4, -0.2) is 32.6 Å². The Morgan fingerprint density at radius 3 is 2.68 bits per heavy atom. The Morgan fingerprint density at radius 1 is 1.21 bits per heavy atom. The molecule has 1 heterocycles. The van der Waals surface area contributed by atoms with Gasteiger partial charge in [0.25, 0.3) is 5.69 Å². The molecule has 0 unspecified atom stereocenters. The van der Waals surface area contributed by atoms with Gasteiger partial charge >= 0.3 is 0 Å². The van der Waals surface area contributed by atoms with Gasteiger partial charge in [0.15, 0.2) is 0 Å². The van der Waals surface area contributed by atoms with E-state index in [1.165, 1.54) is 23.1 Å². The first-order chi connectivity index (χ1) is 13.5. The smallest absolute Gasteiger partial charge is 0.269 e. The molecule has 1 aromatic heterocycles. The minimum absolute atomic E-state index is 0.00840. The SMILES string of the molecule is C[C@H](c1cccc([N+](=O)[O-])c1)N(C)C(=O)/C=C/c1cnn(-c2ccccc2)c1. The van der Waals surface area contributed by atoms with E-state index in [2.05, 4.69) is 5.10 Å². The van der Waals surface area contributed by atoms with Crippen molar-refractivity contribution >= 4 is 17.7 Å². The second kappa shape index (κ2) is 8.30. The van der Waals surface area contributed by atoms with Crippen LogP contribution in [0.1, 0.15) is 24.1 Å². The molecular weight excluding hydrogens is 356 g/mol. The minimum Gasteiger partial charge on any atom is -0.335 e. The second-order valence-corrected chi connectivity index (χ2v) is 6.36. The van der Waals surface area contributed by atoms with Crippen molar-refractivity contribution < 1.29 is 9.72 Å². The minimum atomic E-state index is -0.442. The predicted octanol–water partition coefficient (Wildman–Crippen LogP) is 4.01. The lowest BCUT2D eigenvalue weighted by Gasteiger charge is -2.24. The van der Waals surface area contributed by atoms with Gasteiger partial charge in [0.1, 0.15) is 0 Å². The van der Waals surface area contributed by atoms with Gasteiger partial charge in [0.2, 0.25) is 5.91 Å². The lowest BCUT2D eigenvalue weighted by atomic mass is 10.1. The van der Waals surface area contributed by atoms with Crippen LogP contribution in [0.25, 0.3) is 11.8 Å². The third-order valence-corrected chi connectivity index (χ3v) is 4.53. The van der Waals surface area contributed by atoms with Gasteiger partial charge in [0.05, 0.1) is 22.8 Å². The molecule has 3 aromatic rings. The molecule has 0 aliphatic carbocycles. The summed E-state index contributed by atoms with van der Waals surface area (Å²) in [5, 5.41) is 15.2. The van der Waals surface area contributed by atoms with Gasteiger partial charge < -0.3 is 4.90 Å². The molecular formula is C21H20N4O3. The molecule has 0 saturated heterocycles. The van der Waals surface area contributed by atoms with E-state index >= 15 is 0 Å². The van der Waals surface area contributed by atoms with Gasteiger partial charge in [-0.25, -0.2) is 4.68 Å². The van der Waals surface area contributed by atoms with Crippen molar-refractivity contribution in [2.45, 2.75) is 13.0 Å². The summed E-state index contributed by atoms with van der Waals surface area (Å²) in [6.07, 6.45) is 6.69. The Bertz CT molecular complexity index is 1010. The highest BCUT2D eigenvalue weighted by Crippen LogP contribution is 2.23. The Balaban J connectivity index is 1.69. The number of hydrogen-bond acceptors (Lipinski definition) is 4. The summed E-state index contributed by atoms with van der Waals surface area (Å²) in [7, 11) is 1.67. The molecule has 1 amide bonds. The number of likely N-dealkylation sites (N-methyl/N-ethyl adjacent to an activating group) is 1. The summed E-state index contributed by atoms with van der Waals surface area (Å²) in [6, 6.07) is 15.7. The Labute approximate surface area is 162 Å². The molecule has 0 fully saturated rings. The summed E-state index contributed by atoms with van der Waals surface area (Å²) in [5.41, 5.74) is 2.45. The van der Waals surface area contributed by atoms with Crippen LogP contribution in [0.5, 0.6) is 0 Å². The summed E-state index contributed by atoms with van der Waals surface area (Å²) in [4.78, 5) is 24.6. The van der Waals surface area contributed by atoms with Crippen LogP contribution < -0.4 is 0 Å². The number of non-ortho nitro benzene ring substituents is 1. The molecule has 7 heteroatoms. The molecule has 1 atom stereocenters. The van der Waals surface area contributed by atoms with Crippen molar-refractivity contribution in [3.63, 3.8) is 0 Å². The highest BCUT2D eigenvalue weighted by Gasteiger charge is 2.17. The van der Waals surface area contributed by atoms with Crippen LogP contribution in [0.3, 0.4) is 0 Å². The molecule has 28 heavy (non-hydrogen) atoms. The third-order valence-electron chi connectivity index (χ3n) is 4.53. The number of aromatic nitrogens is 2. The molecule has 0 spiro atoms. The Morgan fingerprint density at radius 2 is 1.96 bits per heavy atom. The van der Waals surface area contributed by atoms with Gasteiger partial charge in [0, 0.05) is 37.0 Å². The number of carbonyl (C=O) groups excluding carboxylic acids is 1. The first kappa shape index (κ1) is 19.0. The Kier molecular flexibility index (Phi) is 5.64. The van der Waals surface area contributed by atoms with Crippen LogP contribution in [0.4, 0.5) is 5.69 Å². The number of nitrogens with zero attached hydrogens (tertiary/aromatic N) is 4. The number of para-hydroxylation sites is 1. The highest BCUT2D eigenvalue weighted by molar-refractivity contribution is 5.91. The highest BCUT2D eigenvalue weighted by atomic mass is 16.6. The molecule has 7 nitrogen and oxygen atoms in total. The number of nitro groups is 1. The van der Waals surface area contributed by atoms with Crippen molar-refractivity contribution in [1.29, 1.82) is 0 Å². The molecule has 0 saturated carbocycles. The van der Waals surface area contributed by atoms with Crippen LogP contribution in [0.15, 0.2) is 73.1 Å². The largest absolute Gasteiger partial charge is 0.335 e. The number of hydrogen-bond donors (Lipinski definition) is 0. The number of rotatable bonds is 6. The van der Waals surface area contributed by atoms with Crippen LogP contribution >= 0.6 is 0 Å². The van der Waals surface area contributed by atoms with Gasteiger partial charge in [-0.3, -0.25) is 14.9 Å². The van der Waals surface area contributed by atoms with Crippen molar-refractivity contribution in [2.24, 2.45) is 0 Å². The van der Waals surface area contributed by atoms with E-state index in [9.17, 15) is 14.9 Å². The summed E-state index contributed by atoms with van der Waals surface area (Å²) < 4.78 is 1.74. The maximum Gasteiger partial charge on any atom is 0.269 e. The number of benzene rings is 2. The normalized spacial score (nSPS) is 12.1. The second-order valence-electron chi connectivity index (χ2n) is 6.36. The average Bonchev–Trinajstić information content (AvgIpc) is 3.20. The molecule has 2 aromatic carbocycles. The summed E-state index contributed by atoms with van der Waals surface area (Å²) in [6.45, 7) is 1.83. The van der Waals surface area contributed by atoms with Crippen molar-refractivity contribution in [2.75, 3.05) is 7.05 Å². The van der Waals surface area contributed by atoms with Gasteiger partial charge in [-0.15, -0.1) is 0 Å². The van der Waals surface area contributed by atoms with E-state index in [0.29, 0.717) is 5.56 Å². The maximum atomic E-state index is 12.5. The standard InChI is InChI=1S/C21H20N4O3/c1-16(18-7-6-10-20(13-18)25(27)28)23(2)21(26)12-11-17-14-22-24(15-17)19-8-4-3-5-9-19/h3-16H,1-2H3/b12-11+/t16-/m1/s1. The quantitative estimate of drug-likeness (QED) is 0.370. The first-order valence-corrected chi connectivity index (χ1v) is 8.75. The molecule has 142 valence electrons. The van der Waals surface area contributed by atoms with Crippen LogP contribution in [0.2, 0.25) is 0 Å². The molecule has 0 aliphatic heterocycles. The van der Waals surface area contributed by atoms with Crippen molar-refractivity contribution in [1.82, 2.24) is 14.7 Å². The summed E-state index contributed by atoms with van der Waals surface area (Å²) in [5.74, 6) is -0.202. The predicted molar refractivity (Wildman–Crippen MR) is 107 cm³/mol. The van der Waals surface area contributed by atoms with Gasteiger partial charge in [-0.05, 0) is 30.7 Å². The van der Waals surface area contributed by atoms with E-state index in [4.69, 9.17) is 0 Å². The zero-order valence-corrected chi connectivity index (χ0v) is 15.6. The molecule has 0 radical (unpaired) electrons. The molecule has 0 N–H and O–H groups in total. The van der Waals surface area contributed by atoms with E-state index in [-0.39, 0.29) is 17.6 Å². The molecule has 3 rings (SSSR count). The van der Waals surface area contributed by atoms with Crippen molar-refractivity contribution in [3.8, 4) is 5.69 Å². The lowest BCUT2D eigenvalue weighted by molar-refractivity contribution is -0.384. The summed E-state index contributed by atoms with van der Waals surface area (Å²) >= 11 is 0. The molecule has 0 aliphatic rings. The van der Waals surface area contributed by atoms with E-state index in [1.807, 2.05) is 43.5 Å². The monoisotopic (exact) mass is 376 g/mol. The first-order valence-electron chi connectivity index (χ1n) is 8.75. The fourth-order valence-electron chi connectivity index (χ4n) is 2.74. The van der Waals surface area contributed by atoms with Gasteiger partial charge in [-0.1, -0.05) is 30.3 Å². The average molecular weight is 376 g/mol. The number of carbonyl (C=O) groups is 1. The zero-order valence-electron chi connectivity index (χ0n) is 15.6. The van der Waals surface area contributed by atoms with E-state index < -0.39 is 4.92 Å². The van der Waals surface area contributed by atoms with Crippen LogP contribution in [-0.2, 0) is 4.79 Å². The van der Waals surface area contributed by atoms with Crippen molar-refractivity contribution in [3.05, 3.63) is 94.3 Å². The van der Waals surface area contributed by atoms with Crippen LogP contribution in [0, 0.1) is 10.1 Å². The van der Waals surface area contributed by atoms with E-state index in [1.54, 1.807) is 36.1 Å². The number of nitro benzene ring substituents is 1. The fraction of sp³-hybridized carbons (Fsp3) is 0.143. The lowest BCUT2D eigenvalue weighted by Crippen LogP contribution is -2.28. The zero-order chi connectivity index (χ0) is 20.1. The third kappa shape index (κ3) is 4.32. The fourth-order valence-corrected chi connectivity index (χ4v) is 2.74. The number of amides is 1. The Hall–Kier alpha value is -3.74. The van der Waals surface area contributed by atoms with Gasteiger partial charge in [-0.2, -0.15) is 5.10 Å². The maximum absolute atomic E-state index is 12.5.